The summed E-state index contributed by atoms with van der Waals surface area (Å²) in [6.07, 6.45) is 6.30. The lowest BCUT2D eigenvalue weighted by molar-refractivity contribution is -0.115. The summed E-state index contributed by atoms with van der Waals surface area (Å²) < 4.78 is 11.3. The predicted octanol–water partition coefficient (Wildman–Crippen LogP) is 7.01. The van der Waals surface area contributed by atoms with Crippen molar-refractivity contribution in [2.45, 2.75) is 39.2 Å². The Labute approximate surface area is 235 Å². The van der Waals surface area contributed by atoms with E-state index >= 15 is 0 Å². The van der Waals surface area contributed by atoms with Crippen molar-refractivity contribution in [3.63, 3.8) is 0 Å². The molecule has 40 heavy (non-hydrogen) atoms. The van der Waals surface area contributed by atoms with Crippen molar-refractivity contribution in [1.29, 1.82) is 0 Å². The standard InChI is InChI=1S/C32H27N3O4S/c1-20-11-13-22(14-12-20)33-28(36)17-29-34-23(19-40-29)18-39-32(37)30-25-8-2-3-10-27(25)35-31-21(6-4-9-26(30)31)16-24-7-5-15-38-24/h2-3,5,7-8,10-16,19H,4,6,9,17-18H2,1H3,(H,33,36)/b21-16-. The molecule has 2 aromatic carbocycles. The second-order valence-electron chi connectivity index (χ2n) is 9.77. The molecule has 0 saturated carbocycles. The molecular formula is C32H27N3O4S. The van der Waals surface area contributed by atoms with Crippen molar-refractivity contribution >= 4 is 51.5 Å². The zero-order valence-electron chi connectivity index (χ0n) is 22.0. The van der Waals surface area contributed by atoms with Gasteiger partial charge in [0.2, 0.25) is 5.91 Å². The molecule has 0 unspecified atom stereocenters. The van der Waals surface area contributed by atoms with E-state index in [1.807, 2.05) is 79.0 Å². The molecule has 0 atom stereocenters. The van der Waals surface area contributed by atoms with Crippen LogP contribution in [-0.4, -0.2) is 21.8 Å². The highest BCUT2D eigenvalue weighted by atomic mass is 32.1. The Morgan fingerprint density at radius 2 is 1.90 bits per heavy atom. The highest BCUT2D eigenvalue weighted by Crippen LogP contribution is 2.36. The van der Waals surface area contributed by atoms with Crippen LogP contribution in [0.4, 0.5) is 5.69 Å². The highest BCUT2D eigenvalue weighted by molar-refractivity contribution is 7.09. The average molecular weight is 550 g/mol. The zero-order valence-corrected chi connectivity index (χ0v) is 22.8. The van der Waals surface area contributed by atoms with Gasteiger partial charge in [0.1, 0.15) is 17.4 Å². The number of thiazole rings is 1. The number of para-hydroxylation sites is 1. The average Bonchev–Trinajstić information content (AvgIpc) is 3.64. The van der Waals surface area contributed by atoms with E-state index in [0.29, 0.717) is 16.3 Å². The van der Waals surface area contributed by atoms with E-state index in [1.165, 1.54) is 11.3 Å². The van der Waals surface area contributed by atoms with Gasteiger partial charge in [0, 0.05) is 16.5 Å². The Morgan fingerprint density at radius 3 is 2.73 bits per heavy atom. The van der Waals surface area contributed by atoms with Crippen molar-refractivity contribution in [3.8, 4) is 0 Å². The SMILES string of the molecule is Cc1ccc(NC(=O)Cc2nc(COC(=O)c3c4c(nc5ccccc35)/C(=C\c3ccco3)CCC4)cs2)cc1. The fourth-order valence-corrected chi connectivity index (χ4v) is 5.72. The van der Waals surface area contributed by atoms with Crippen molar-refractivity contribution in [1.82, 2.24) is 9.97 Å². The number of hydrogen-bond acceptors (Lipinski definition) is 7. The summed E-state index contributed by atoms with van der Waals surface area (Å²) >= 11 is 1.38. The van der Waals surface area contributed by atoms with E-state index in [9.17, 15) is 9.59 Å². The van der Waals surface area contributed by atoms with Crippen molar-refractivity contribution < 1.29 is 18.7 Å². The van der Waals surface area contributed by atoms with Crippen LogP contribution in [0, 0.1) is 6.92 Å². The molecule has 0 saturated heterocycles. The minimum atomic E-state index is -0.402. The first-order valence-corrected chi connectivity index (χ1v) is 14.0. The number of nitrogens with zero attached hydrogens (tertiary/aromatic N) is 2. The van der Waals surface area contributed by atoms with Crippen LogP contribution in [0.3, 0.4) is 0 Å². The number of aryl methyl sites for hydroxylation is 1. The number of pyridine rings is 1. The molecule has 7 nitrogen and oxygen atoms in total. The van der Waals surface area contributed by atoms with Gasteiger partial charge >= 0.3 is 5.97 Å². The second-order valence-corrected chi connectivity index (χ2v) is 10.7. The number of amides is 1. The number of anilines is 1. The van der Waals surface area contributed by atoms with Gasteiger partial charge in [-0.2, -0.15) is 0 Å². The van der Waals surface area contributed by atoms with E-state index in [-0.39, 0.29) is 18.9 Å². The van der Waals surface area contributed by atoms with Gasteiger partial charge in [0.05, 0.1) is 35.2 Å². The van der Waals surface area contributed by atoms with Crippen LogP contribution in [0.2, 0.25) is 0 Å². The van der Waals surface area contributed by atoms with Crippen molar-refractivity contribution in [3.05, 3.63) is 111 Å². The molecule has 6 rings (SSSR count). The van der Waals surface area contributed by atoms with Crippen LogP contribution >= 0.6 is 11.3 Å². The molecule has 1 N–H and O–H groups in total. The Morgan fingerprint density at radius 1 is 1.05 bits per heavy atom. The van der Waals surface area contributed by atoms with Crippen LogP contribution < -0.4 is 5.32 Å². The normalized spacial score (nSPS) is 13.8. The summed E-state index contributed by atoms with van der Waals surface area (Å²) in [4.78, 5) is 35.5. The van der Waals surface area contributed by atoms with Gasteiger partial charge in [-0.25, -0.2) is 14.8 Å². The van der Waals surface area contributed by atoms with Crippen LogP contribution in [0.15, 0.2) is 76.7 Å². The third-order valence-electron chi connectivity index (χ3n) is 6.83. The van der Waals surface area contributed by atoms with Crippen molar-refractivity contribution in [2.75, 3.05) is 5.32 Å². The van der Waals surface area contributed by atoms with E-state index in [4.69, 9.17) is 14.1 Å². The van der Waals surface area contributed by atoms with E-state index in [2.05, 4.69) is 10.3 Å². The van der Waals surface area contributed by atoms with Gasteiger partial charge in [-0.1, -0.05) is 35.9 Å². The summed E-state index contributed by atoms with van der Waals surface area (Å²) in [5, 5.41) is 6.15. The summed E-state index contributed by atoms with van der Waals surface area (Å²) in [6, 6.07) is 19.1. The summed E-state index contributed by atoms with van der Waals surface area (Å²) in [5.41, 5.74) is 6.56. The van der Waals surface area contributed by atoms with Gasteiger partial charge in [-0.05, 0) is 73.7 Å². The largest absolute Gasteiger partial charge is 0.465 e. The Kier molecular flexibility index (Phi) is 7.25. The molecule has 1 aliphatic carbocycles. The molecule has 3 heterocycles. The molecule has 0 fully saturated rings. The maximum absolute atomic E-state index is 13.6. The Hall–Kier alpha value is -4.56. The van der Waals surface area contributed by atoms with Gasteiger partial charge in [0.25, 0.3) is 0 Å². The molecule has 0 spiro atoms. The smallest absolute Gasteiger partial charge is 0.339 e. The maximum Gasteiger partial charge on any atom is 0.339 e. The molecule has 1 amide bonds. The minimum Gasteiger partial charge on any atom is -0.465 e. The number of rotatable bonds is 7. The number of allylic oxidation sites excluding steroid dienone is 1. The van der Waals surface area contributed by atoms with Crippen molar-refractivity contribution in [2.24, 2.45) is 0 Å². The maximum atomic E-state index is 13.6. The number of nitrogens with one attached hydrogen (secondary N) is 1. The van der Waals surface area contributed by atoms with Gasteiger partial charge in [0.15, 0.2) is 0 Å². The fraction of sp³-hybridized carbons (Fsp3) is 0.188. The third-order valence-corrected chi connectivity index (χ3v) is 7.73. The highest BCUT2D eigenvalue weighted by Gasteiger charge is 2.26. The molecule has 3 aromatic heterocycles. The first-order valence-electron chi connectivity index (χ1n) is 13.2. The predicted molar refractivity (Wildman–Crippen MR) is 156 cm³/mol. The van der Waals surface area contributed by atoms with Crippen LogP contribution in [-0.2, 0) is 29.0 Å². The van der Waals surface area contributed by atoms with Crippen LogP contribution in [0.25, 0.3) is 22.6 Å². The molecule has 5 aromatic rings. The number of carbonyl (C=O) groups is 2. The number of esters is 1. The number of ether oxygens (including phenoxy) is 1. The first kappa shape index (κ1) is 25.7. The van der Waals surface area contributed by atoms with E-state index in [1.54, 1.807) is 6.26 Å². The van der Waals surface area contributed by atoms with E-state index in [0.717, 1.165) is 64.0 Å². The molecule has 8 heteroatoms. The van der Waals surface area contributed by atoms with Crippen LogP contribution in [0.1, 0.15) is 56.5 Å². The number of carbonyl (C=O) groups excluding carboxylic acids is 2. The fourth-order valence-electron chi connectivity index (χ4n) is 4.94. The van der Waals surface area contributed by atoms with E-state index < -0.39 is 5.97 Å². The number of aromatic nitrogens is 2. The number of benzene rings is 2. The van der Waals surface area contributed by atoms with Gasteiger partial charge in [-0.15, -0.1) is 11.3 Å². The molecule has 0 bridgehead atoms. The monoisotopic (exact) mass is 549 g/mol. The van der Waals surface area contributed by atoms with Crippen LogP contribution in [0.5, 0.6) is 0 Å². The lowest BCUT2D eigenvalue weighted by Crippen LogP contribution is -2.15. The summed E-state index contributed by atoms with van der Waals surface area (Å²) in [6.45, 7) is 2.02. The lowest BCUT2D eigenvalue weighted by Gasteiger charge is -2.22. The third kappa shape index (κ3) is 5.58. The zero-order chi connectivity index (χ0) is 27.5. The first-order chi connectivity index (χ1) is 19.5. The summed E-state index contributed by atoms with van der Waals surface area (Å²) in [5.74, 6) is 0.213. The number of fused-ring (bicyclic) bond motifs is 2. The molecule has 0 radical (unpaired) electrons. The second kappa shape index (κ2) is 11.3. The molecule has 200 valence electrons. The summed E-state index contributed by atoms with van der Waals surface area (Å²) in [7, 11) is 0. The molecular weight excluding hydrogens is 522 g/mol. The van der Waals surface area contributed by atoms with Gasteiger partial charge in [-0.3, -0.25) is 4.79 Å². The Balaban J connectivity index is 1.20. The molecule has 0 aliphatic heterocycles. The quantitative estimate of drug-likeness (QED) is 0.220. The molecule has 1 aliphatic rings. The topological polar surface area (TPSA) is 94.3 Å². The number of hydrogen-bond donors (Lipinski definition) is 1. The lowest BCUT2D eigenvalue weighted by atomic mass is 9.86. The number of furan rings is 1. The van der Waals surface area contributed by atoms with Gasteiger partial charge < -0.3 is 14.5 Å². The Bertz CT molecular complexity index is 1720. The minimum absolute atomic E-state index is 0.0232.